The summed E-state index contributed by atoms with van der Waals surface area (Å²) in [7, 11) is 0. The predicted octanol–water partition coefficient (Wildman–Crippen LogP) is 2.06. The third-order valence-electron chi connectivity index (χ3n) is 1.65. The number of nitrogens with two attached hydrogens (primary N) is 1. The molecule has 3 heteroatoms. The van der Waals surface area contributed by atoms with Crippen molar-refractivity contribution in [2.75, 3.05) is 6.54 Å². The summed E-state index contributed by atoms with van der Waals surface area (Å²) in [6.45, 7) is 0.678. The molecule has 0 aromatic carbocycles. The molecule has 12 heavy (non-hydrogen) atoms. The molecule has 0 aliphatic heterocycles. The summed E-state index contributed by atoms with van der Waals surface area (Å²) in [4.78, 5) is 12.2. The third kappa shape index (κ3) is 2.75. The van der Waals surface area contributed by atoms with Crippen LogP contribution in [0, 0.1) is 0 Å². The molecule has 66 valence electrons. The Morgan fingerprint density at radius 2 is 2.33 bits per heavy atom. The van der Waals surface area contributed by atoms with Crippen LogP contribution in [-0.2, 0) is 0 Å². The van der Waals surface area contributed by atoms with Crippen molar-refractivity contribution in [2.24, 2.45) is 5.73 Å². The monoisotopic (exact) mass is 183 g/mol. The maximum absolute atomic E-state index is 11.4. The van der Waals surface area contributed by atoms with E-state index in [1.54, 1.807) is 0 Å². The number of thiophene rings is 1. The lowest BCUT2D eigenvalue weighted by atomic mass is 10.1. The highest BCUT2D eigenvalue weighted by atomic mass is 32.1. The number of Topliss-reactive ketones (excluding diaryl/α,β-unsaturated/α-hetero) is 1. The first-order valence-corrected chi connectivity index (χ1v) is 4.99. The quantitative estimate of drug-likeness (QED) is 0.561. The van der Waals surface area contributed by atoms with Crippen LogP contribution >= 0.6 is 11.3 Å². The van der Waals surface area contributed by atoms with Crippen molar-refractivity contribution in [2.45, 2.75) is 19.3 Å². The first kappa shape index (κ1) is 9.42. The van der Waals surface area contributed by atoms with Crippen molar-refractivity contribution in [1.82, 2.24) is 0 Å². The van der Waals surface area contributed by atoms with Gasteiger partial charge in [0, 0.05) is 6.42 Å². The van der Waals surface area contributed by atoms with Gasteiger partial charge in [-0.3, -0.25) is 4.79 Å². The van der Waals surface area contributed by atoms with Gasteiger partial charge in [0.2, 0.25) is 0 Å². The van der Waals surface area contributed by atoms with E-state index in [4.69, 9.17) is 5.73 Å². The topological polar surface area (TPSA) is 43.1 Å². The molecule has 0 aliphatic carbocycles. The van der Waals surface area contributed by atoms with Crippen molar-refractivity contribution in [3.05, 3.63) is 22.4 Å². The Bertz CT molecular complexity index is 231. The van der Waals surface area contributed by atoms with E-state index >= 15 is 0 Å². The fourth-order valence-corrected chi connectivity index (χ4v) is 1.68. The minimum Gasteiger partial charge on any atom is -0.330 e. The Morgan fingerprint density at radius 3 is 2.92 bits per heavy atom. The van der Waals surface area contributed by atoms with Crippen molar-refractivity contribution in [3.8, 4) is 0 Å². The first-order valence-electron chi connectivity index (χ1n) is 4.11. The number of hydrogen-bond acceptors (Lipinski definition) is 3. The molecule has 2 nitrogen and oxygen atoms in total. The maximum Gasteiger partial charge on any atom is 0.172 e. The molecule has 0 fully saturated rings. The van der Waals surface area contributed by atoms with Crippen LogP contribution in [0.4, 0.5) is 0 Å². The molecule has 0 radical (unpaired) electrons. The van der Waals surface area contributed by atoms with E-state index in [0.717, 1.165) is 17.7 Å². The second-order valence-corrected chi connectivity index (χ2v) is 3.59. The van der Waals surface area contributed by atoms with Gasteiger partial charge in [-0.1, -0.05) is 6.07 Å². The van der Waals surface area contributed by atoms with Crippen molar-refractivity contribution < 1.29 is 4.79 Å². The van der Waals surface area contributed by atoms with Gasteiger partial charge in [0.15, 0.2) is 5.78 Å². The highest BCUT2D eigenvalue weighted by Crippen LogP contribution is 2.12. The van der Waals surface area contributed by atoms with E-state index in [1.807, 2.05) is 17.5 Å². The second-order valence-electron chi connectivity index (χ2n) is 2.65. The summed E-state index contributed by atoms with van der Waals surface area (Å²) in [5.41, 5.74) is 5.32. The third-order valence-corrected chi connectivity index (χ3v) is 2.56. The zero-order valence-electron chi connectivity index (χ0n) is 6.95. The van der Waals surface area contributed by atoms with Crippen molar-refractivity contribution in [3.63, 3.8) is 0 Å². The lowest BCUT2D eigenvalue weighted by Gasteiger charge is -1.95. The molecule has 0 aliphatic rings. The van der Waals surface area contributed by atoms with Gasteiger partial charge in [0.05, 0.1) is 4.88 Å². The van der Waals surface area contributed by atoms with Crippen LogP contribution in [0.1, 0.15) is 28.9 Å². The predicted molar refractivity (Wildman–Crippen MR) is 51.6 cm³/mol. The molecule has 1 aromatic heterocycles. The van der Waals surface area contributed by atoms with E-state index < -0.39 is 0 Å². The molecular weight excluding hydrogens is 170 g/mol. The van der Waals surface area contributed by atoms with Gasteiger partial charge >= 0.3 is 0 Å². The Hall–Kier alpha value is -0.670. The molecule has 1 heterocycles. The molecular formula is C9H13NOS. The molecule has 0 unspecified atom stereocenters. The van der Waals surface area contributed by atoms with Crippen LogP contribution in [-0.4, -0.2) is 12.3 Å². The number of carbonyl (C=O) groups excluding carboxylic acids is 1. The highest BCUT2D eigenvalue weighted by Gasteiger charge is 2.04. The Balaban J connectivity index is 2.30. The largest absolute Gasteiger partial charge is 0.330 e. The van der Waals surface area contributed by atoms with Gasteiger partial charge in [0.1, 0.15) is 0 Å². The number of rotatable bonds is 5. The SMILES string of the molecule is NCCCCC(=O)c1cccs1. The Morgan fingerprint density at radius 1 is 1.50 bits per heavy atom. The molecule has 0 amide bonds. The van der Waals surface area contributed by atoms with Crippen molar-refractivity contribution >= 4 is 17.1 Å². The fourth-order valence-electron chi connectivity index (χ4n) is 0.990. The van der Waals surface area contributed by atoms with Gasteiger partial charge < -0.3 is 5.73 Å². The van der Waals surface area contributed by atoms with Crippen LogP contribution in [0.3, 0.4) is 0 Å². The number of ketones is 1. The second kappa shape index (κ2) is 5.06. The van der Waals surface area contributed by atoms with Crippen LogP contribution in [0.2, 0.25) is 0 Å². The molecule has 2 N–H and O–H groups in total. The summed E-state index contributed by atoms with van der Waals surface area (Å²) in [6.07, 6.45) is 2.49. The number of hydrogen-bond donors (Lipinski definition) is 1. The van der Waals surface area contributed by atoms with E-state index in [1.165, 1.54) is 11.3 Å². The summed E-state index contributed by atoms with van der Waals surface area (Å²) in [6, 6.07) is 3.77. The van der Waals surface area contributed by atoms with Crippen LogP contribution < -0.4 is 5.73 Å². The van der Waals surface area contributed by atoms with E-state index in [9.17, 15) is 4.79 Å². The van der Waals surface area contributed by atoms with Gasteiger partial charge in [-0.2, -0.15) is 0 Å². The van der Waals surface area contributed by atoms with Gasteiger partial charge in [-0.05, 0) is 30.8 Å². The molecule has 1 rings (SSSR count). The first-order chi connectivity index (χ1) is 5.84. The highest BCUT2D eigenvalue weighted by molar-refractivity contribution is 7.12. The number of unbranched alkanes of at least 4 members (excludes halogenated alkanes) is 1. The van der Waals surface area contributed by atoms with Crippen LogP contribution in [0.25, 0.3) is 0 Å². The summed E-state index contributed by atoms with van der Waals surface area (Å²) >= 11 is 1.51. The summed E-state index contributed by atoms with van der Waals surface area (Å²) in [5.74, 6) is 0.249. The smallest absolute Gasteiger partial charge is 0.172 e. The average Bonchev–Trinajstić information content (AvgIpc) is 2.56. The molecule has 1 aromatic rings. The molecule has 0 saturated heterocycles. The minimum atomic E-state index is 0.249. The Kier molecular flexibility index (Phi) is 3.97. The summed E-state index contributed by atoms with van der Waals surface area (Å²) in [5, 5.41) is 1.93. The molecule has 0 spiro atoms. The zero-order valence-corrected chi connectivity index (χ0v) is 7.77. The maximum atomic E-state index is 11.4. The lowest BCUT2D eigenvalue weighted by Crippen LogP contribution is -2.01. The van der Waals surface area contributed by atoms with Gasteiger partial charge in [-0.15, -0.1) is 11.3 Å². The molecule has 0 bridgehead atoms. The van der Waals surface area contributed by atoms with Gasteiger partial charge in [0.25, 0.3) is 0 Å². The lowest BCUT2D eigenvalue weighted by molar-refractivity contribution is 0.0983. The zero-order chi connectivity index (χ0) is 8.81. The van der Waals surface area contributed by atoms with E-state index in [0.29, 0.717) is 13.0 Å². The molecule has 0 saturated carbocycles. The van der Waals surface area contributed by atoms with Crippen molar-refractivity contribution in [1.29, 1.82) is 0 Å². The average molecular weight is 183 g/mol. The minimum absolute atomic E-state index is 0.249. The fraction of sp³-hybridized carbons (Fsp3) is 0.444. The van der Waals surface area contributed by atoms with Crippen LogP contribution in [0.5, 0.6) is 0 Å². The van der Waals surface area contributed by atoms with E-state index in [2.05, 4.69) is 0 Å². The van der Waals surface area contributed by atoms with Crippen LogP contribution in [0.15, 0.2) is 17.5 Å². The van der Waals surface area contributed by atoms with Gasteiger partial charge in [-0.25, -0.2) is 0 Å². The number of carbonyl (C=O) groups is 1. The summed E-state index contributed by atoms with van der Waals surface area (Å²) < 4.78 is 0. The normalized spacial score (nSPS) is 10.1. The standard InChI is InChI=1S/C9H13NOS/c10-6-2-1-4-8(11)9-5-3-7-12-9/h3,5,7H,1-2,4,6,10H2. The van der Waals surface area contributed by atoms with E-state index in [-0.39, 0.29) is 5.78 Å². The molecule has 0 atom stereocenters. The Labute approximate surface area is 76.4 Å².